The zero-order chi connectivity index (χ0) is 15.4. The Labute approximate surface area is 122 Å². The van der Waals surface area contributed by atoms with E-state index in [0.29, 0.717) is 11.1 Å². The van der Waals surface area contributed by atoms with Crippen LogP contribution in [0.3, 0.4) is 0 Å². The average molecular weight is 286 g/mol. The van der Waals surface area contributed by atoms with Crippen LogP contribution in [0.15, 0.2) is 54.6 Å². The van der Waals surface area contributed by atoms with Crippen LogP contribution < -0.4 is 0 Å². The third-order valence-corrected chi connectivity index (χ3v) is 3.46. The van der Waals surface area contributed by atoms with Gasteiger partial charge in [-0.25, -0.2) is 4.39 Å². The van der Waals surface area contributed by atoms with Crippen LogP contribution in [0.4, 0.5) is 4.39 Å². The number of ketones is 1. The van der Waals surface area contributed by atoms with E-state index >= 15 is 0 Å². The molecule has 3 nitrogen and oxygen atoms in total. The highest BCUT2D eigenvalue weighted by Gasteiger charge is 2.32. The molecule has 0 saturated heterocycles. The maximum atomic E-state index is 13.0. The average Bonchev–Trinajstić information content (AvgIpc) is 2.50. The molecule has 0 aliphatic rings. The second-order valence-corrected chi connectivity index (χ2v) is 4.89. The van der Waals surface area contributed by atoms with Gasteiger partial charge in [-0.1, -0.05) is 49.4 Å². The number of halogens is 1. The standard InChI is InChI=1S/C17H15FO3/c1-11(17(20)21)15(12-7-9-14(18)10-8-12)16(19)13-5-3-2-4-6-13/h2-11,15H,1H3,(H,20,21)/t11-,15+/m1/s1. The molecule has 2 rings (SSSR count). The van der Waals surface area contributed by atoms with E-state index in [9.17, 15) is 19.1 Å². The Balaban J connectivity index is 2.44. The van der Waals surface area contributed by atoms with Crippen LogP contribution in [0.25, 0.3) is 0 Å². The molecule has 0 aromatic heterocycles. The van der Waals surface area contributed by atoms with Gasteiger partial charge >= 0.3 is 5.97 Å². The third-order valence-electron chi connectivity index (χ3n) is 3.46. The highest BCUT2D eigenvalue weighted by Crippen LogP contribution is 2.29. The van der Waals surface area contributed by atoms with Crippen molar-refractivity contribution < 1.29 is 19.1 Å². The first-order chi connectivity index (χ1) is 10.0. The number of carbonyl (C=O) groups is 2. The van der Waals surface area contributed by atoms with Crippen molar-refractivity contribution in [3.8, 4) is 0 Å². The normalized spacial score (nSPS) is 13.4. The smallest absolute Gasteiger partial charge is 0.307 e. The number of carboxylic acid groups (broad SMARTS) is 1. The molecule has 0 aliphatic heterocycles. The summed E-state index contributed by atoms with van der Waals surface area (Å²) < 4.78 is 13.0. The molecule has 0 unspecified atom stereocenters. The van der Waals surface area contributed by atoms with Crippen molar-refractivity contribution in [1.82, 2.24) is 0 Å². The summed E-state index contributed by atoms with van der Waals surface area (Å²) in [6, 6.07) is 13.9. The summed E-state index contributed by atoms with van der Waals surface area (Å²) in [4.78, 5) is 23.9. The molecule has 0 radical (unpaired) electrons. The number of hydrogen-bond donors (Lipinski definition) is 1. The number of aliphatic carboxylic acids is 1. The fourth-order valence-corrected chi connectivity index (χ4v) is 2.26. The van der Waals surface area contributed by atoms with E-state index in [1.165, 1.54) is 31.2 Å². The Bertz CT molecular complexity index is 635. The first kappa shape index (κ1) is 14.9. The second kappa shape index (κ2) is 6.31. The molecule has 0 amide bonds. The van der Waals surface area contributed by atoms with Crippen LogP contribution in [0.5, 0.6) is 0 Å². The molecule has 2 atom stereocenters. The lowest BCUT2D eigenvalue weighted by molar-refractivity contribution is -0.141. The predicted octanol–water partition coefficient (Wildman–Crippen LogP) is 3.51. The molecule has 1 N–H and O–H groups in total. The summed E-state index contributed by atoms with van der Waals surface area (Å²) >= 11 is 0. The maximum Gasteiger partial charge on any atom is 0.307 e. The molecule has 2 aromatic rings. The van der Waals surface area contributed by atoms with Crippen molar-refractivity contribution in [1.29, 1.82) is 0 Å². The first-order valence-corrected chi connectivity index (χ1v) is 6.58. The Hall–Kier alpha value is -2.49. The maximum absolute atomic E-state index is 13.0. The highest BCUT2D eigenvalue weighted by atomic mass is 19.1. The molecule has 4 heteroatoms. The summed E-state index contributed by atoms with van der Waals surface area (Å²) in [5, 5.41) is 9.24. The summed E-state index contributed by atoms with van der Waals surface area (Å²) in [5.41, 5.74) is 0.945. The van der Waals surface area contributed by atoms with E-state index in [0.717, 1.165) is 0 Å². The lowest BCUT2D eigenvalue weighted by Gasteiger charge is -2.20. The van der Waals surface area contributed by atoms with Gasteiger partial charge in [-0.15, -0.1) is 0 Å². The molecule has 21 heavy (non-hydrogen) atoms. The van der Waals surface area contributed by atoms with Crippen LogP contribution >= 0.6 is 0 Å². The Morgan fingerprint density at radius 1 is 1.00 bits per heavy atom. The molecule has 2 aromatic carbocycles. The van der Waals surface area contributed by atoms with Crippen molar-refractivity contribution in [2.24, 2.45) is 5.92 Å². The predicted molar refractivity (Wildman–Crippen MR) is 76.7 cm³/mol. The van der Waals surface area contributed by atoms with Crippen molar-refractivity contribution in [3.05, 3.63) is 71.5 Å². The topological polar surface area (TPSA) is 54.4 Å². The fourth-order valence-electron chi connectivity index (χ4n) is 2.26. The molecular formula is C17H15FO3. The largest absolute Gasteiger partial charge is 0.481 e. The fraction of sp³-hybridized carbons (Fsp3) is 0.176. The van der Waals surface area contributed by atoms with Crippen molar-refractivity contribution in [2.75, 3.05) is 0 Å². The lowest BCUT2D eigenvalue weighted by Crippen LogP contribution is -2.26. The van der Waals surface area contributed by atoms with Gasteiger partial charge < -0.3 is 5.11 Å². The molecule has 0 fully saturated rings. The molecule has 0 spiro atoms. The van der Waals surface area contributed by atoms with Crippen LogP contribution in [-0.4, -0.2) is 16.9 Å². The van der Waals surface area contributed by atoms with E-state index in [-0.39, 0.29) is 5.78 Å². The summed E-state index contributed by atoms with van der Waals surface area (Å²) in [6.45, 7) is 1.48. The Morgan fingerprint density at radius 3 is 2.10 bits per heavy atom. The lowest BCUT2D eigenvalue weighted by atomic mass is 9.81. The van der Waals surface area contributed by atoms with Gasteiger partial charge in [0.25, 0.3) is 0 Å². The minimum Gasteiger partial charge on any atom is -0.481 e. The van der Waals surface area contributed by atoms with E-state index in [1.54, 1.807) is 30.3 Å². The van der Waals surface area contributed by atoms with Crippen LogP contribution in [0, 0.1) is 11.7 Å². The quantitative estimate of drug-likeness (QED) is 0.856. The molecule has 0 aliphatic carbocycles. The summed E-state index contributed by atoms with van der Waals surface area (Å²) in [7, 11) is 0. The van der Waals surface area contributed by atoms with Crippen molar-refractivity contribution in [2.45, 2.75) is 12.8 Å². The van der Waals surface area contributed by atoms with Gasteiger partial charge in [0, 0.05) is 5.56 Å². The van der Waals surface area contributed by atoms with Gasteiger partial charge in [-0.3, -0.25) is 9.59 Å². The van der Waals surface area contributed by atoms with Crippen LogP contribution in [0.1, 0.15) is 28.8 Å². The Kier molecular flexibility index (Phi) is 4.48. The minimum absolute atomic E-state index is 0.280. The molecular weight excluding hydrogens is 271 g/mol. The van der Waals surface area contributed by atoms with Gasteiger partial charge in [0.05, 0.1) is 11.8 Å². The van der Waals surface area contributed by atoms with E-state index in [1.807, 2.05) is 0 Å². The molecule has 0 bridgehead atoms. The van der Waals surface area contributed by atoms with E-state index in [4.69, 9.17) is 0 Å². The summed E-state index contributed by atoms with van der Waals surface area (Å²) in [6.07, 6.45) is 0. The van der Waals surface area contributed by atoms with E-state index in [2.05, 4.69) is 0 Å². The zero-order valence-corrected chi connectivity index (χ0v) is 11.5. The van der Waals surface area contributed by atoms with Crippen molar-refractivity contribution >= 4 is 11.8 Å². The van der Waals surface area contributed by atoms with Gasteiger partial charge in [-0.2, -0.15) is 0 Å². The number of carbonyl (C=O) groups excluding carboxylic acids is 1. The van der Waals surface area contributed by atoms with Crippen LogP contribution in [-0.2, 0) is 4.79 Å². The molecule has 0 saturated carbocycles. The van der Waals surface area contributed by atoms with Crippen molar-refractivity contribution in [3.63, 3.8) is 0 Å². The number of benzene rings is 2. The Morgan fingerprint density at radius 2 is 1.57 bits per heavy atom. The minimum atomic E-state index is -1.06. The zero-order valence-electron chi connectivity index (χ0n) is 11.5. The number of rotatable bonds is 5. The monoisotopic (exact) mass is 286 g/mol. The molecule has 0 heterocycles. The van der Waals surface area contributed by atoms with Gasteiger partial charge in [0.1, 0.15) is 5.82 Å². The summed E-state index contributed by atoms with van der Waals surface area (Å²) in [5.74, 6) is -3.51. The number of hydrogen-bond acceptors (Lipinski definition) is 2. The molecule has 108 valence electrons. The van der Waals surface area contributed by atoms with Gasteiger partial charge in [0.2, 0.25) is 0 Å². The third kappa shape index (κ3) is 3.34. The van der Waals surface area contributed by atoms with Gasteiger partial charge in [0.15, 0.2) is 5.78 Å². The first-order valence-electron chi connectivity index (χ1n) is 6.58. The second-order valence-electron chi connectivity index (χ2n) is 4.89. The highest BCUT2D eigenvalue weighted by molar-refractivity contribution is 6.03. The van der Waals surface area contributed by atoms with E-state index < -0.39 is 23.6 Å². The SMILES string of the molecule is C[C@@H](C(=O)O)[C@H](C(=O)c1ccccc1)c1ccc(F)cc1. The number of Topliss-reactive ketones (excluding diaryl/α,β-unsaturated/α-hetero) is 1. The van der Waals surface area contributed by atoms with Crippen LogP contribution in [0.2, 0.25) is 0 Å². The van der Waals surface area contributed by atoms with Gasteiger partial charge in [-0.05, 0) is 17.7 Å². The number of carboxylic acids is 1.